The van der Waals surface area contributed by atoms with Crippen LogP contribution in [-0.4, -0.2) is 28.3 Å². The summed E-state index contributed by atoms with van der Waals surface area (Å²) >= 11 is 1.35. The largest absolute Gasteiger partial charge is 0.459 e. The molecule has 0 bridgehead atoms. The van der Waals surface area contributed by atoms with E-state index in [-0.39, 0.29) is 23.5 Å². The van der Waals surface area contributed by atoms with Crippen molar-refractivity contribution < 1.29 is 18.4 Å². The fourth-order valence-electron chi connectivity index (χ4n) is 3.63. The number of nitrogens with one attached hydrogen (secondary N) is 1. The Morgan fingerprint density at radius 3 is 2.61 bits per heavy atom. The van der Waals surface area contributed by atoms with E-state index in [1.54, 1.807) is 55.0 Å². The van der Waals surface area contributed by atoms with Crippen LogP contribution in [0.5, 0.6) is 0 Å². The maximum Gasteiger partial charge on any atom is 0.296 e. The number of aromatic nitrogens is 2. The monoisotopic (exact) mass is 506 g/mol. The molecule has 3 heterocycles. The Morgan fingerprint density at radius 1 is 1.14 bits per heavy atom. The van der Waals surface area contributed by atoms with E-state index in [1.165, 1.54) is 34.6 Å². The zero-order chi connectivity index (χ0) is 25.7. The van der Waals surface area contributed by atoms with E-state index in [0.29, 0.717) is 17.1 Å². The van der Waals surface area contributed by atoms with Gasteiger partial charge in [-0.25, -0.2) is 9.37 Å². The second kappa shape index (κ2) is 10.8. The van der Waals surface area contributed by atoms with Gasteiger partial charge < -0.3 is 9.73 Å². The average Bonchev–Trinajstić information content (AvgIpc) is 3.55. The first-order valence-corrected chi connectivity index (χ1v) is 12.3. The van der Waals surface area contributed by atoms with Gasteiger partial charge in [-0.15, -0.1) is 11.3 Å². The number of hydrogen-bond donors (Lipinski definition) is 1. The summed E-state index contributed by atoms with van der Waals surface area (Å²) in [6, 6.07) is 11.8. The first-order chi connectivity index (χ1) is 17.2. The van der Waals surface area contributed by atoms with Crippen LogP contribution in [0.1, 0.15) is 53.4 Å². The van der Waals surface area contributed by atoms with Crippen LogP contribution in [0.2, 0.25) is 0 Å². The number of nitrogens with zero attached hydrogens (tertiary/aromatic N) is 3. The number of thiazole rings is 1. The number of carbonyl (C=O) groups is 2. The van der Waals surface area contributed by atoms with Crippen molar-refractivity contribution in [3.05, 3.63) is 101 Å². The molecule has 1 atom stereocenters. The zero-order valence-electron chi connectivity index (χ0n) is 20.3. The highest BCUT2D eigenvalue weighted by atomic mass is 32.1. The standard InChI is InChI=1S/C27H27FN4O3S/c1-27(2,3)22-17-31-26(36-22)32(25(34)21-10-6-14-35-21)23(19-8-5-12-29-16-19)24(33)30-13-11-18-7-4-9-20(28)15-18/h4-10,12,14-17,23H,11,13H2,1-3H3,(H,30,33). The number of benzene rings is 1. The molecule has 1 unspecified atom stereocenters. The van der Waals surface area contributed by atoms with Gasteiger partial charge in [0.25, 0.3) is 5.91 Å². The van der Waals surface area contributed by atoms with Crippen molar-refractivity contribution in [2.75, 3.05) is 11.4 Å². The lowest BCUT2D eigenvalue weighted by atomic mass is 9.96. The fourth-order valence-corrected chi connectivity index (χ4v) is 4.63. The van der Waals surface area contributed by atoms with E-state index in [2.05, 4.69) is 36.1 Å². The Morgan fingerprint density at radius 2 is 1.97 bits per heavy atom. The lowest BCUT2D eigenvalue weighted by Gasteiger charge is -2.28. The SMILES string of the molecule is CC(C)(C)c1cnc(N(C(=O)c2ccco2)C(C(=O)NCCc2cccc(F)c2)c2cccnc2)s1. The molecule has 7 nitrogen and oxygen atoms in total. The minimum atomic E-state index is -1.05. The molecule has 0 saturated heterocycles. The number of amides is 2. The minimum Gasteiger partial charge on any atom is -0.459 e. The van der Waals surface area contributed by atoms with E-state index >= 15 is 0 Å². The molecule has 1 N–H and O–H groups in total. The van der Waals surface area contributed by atoms with Gasteiger partial charge in [-0.2, -0.15) is 0 Å². The summed E-state index contributed by atoms with van der Waals surface area (Å²) in [6.45, 7) is 6.43. The quantitative estimate of drug-likeness (QED) is 0.350. The van der Waals surface area contributed by atoms with Crippen molar-refractivity contribution >= 4 is 28.3 Å². The summed E-state index contributed by atoms with van der Waals surface area (Å²) in [6.07, 6.45) is 6.72. The second-order valence-electron chi connectivity index (χ2n) is 9.27. The molecule has 0 spiro atoms. The maximum absolute atomic E-state index is 13.7. The van der Waals surface area contributed by atoms with E-state index in [1.807, 2.05) is 0 Å². The Balaban J connectivity index is 1.69. The third-order valence-corrected chi connectivity index (χ3v) is 6.92. The molecule has 0 fully saturated rings. The van der Waals surface area contributed by atoms with Gasteiger partial charge in [-0.1, -0.05) is 39.0 Å². The number of rotatable bonds is 8. The van der Waals surface area contributed by atoms with Crippen molar-refractivity contribution in [3.8, 4) is 0 Å². The predicted octanol–water partition coefficient (Wildman–Crippen LogP) is 5.31. The van der Waals surface area contributed by atoms with Gasteiger partial charge in [0.15, 0.2) is 10.9 Å². The van der Waals surface area contributed by atoms with Crippen LogP contribution in [0.3, 0.4) is 0 Å². The molecule has 36 heavy (non-hydrogen) atoms. The molecule has 3 aromatic heterocycles. The minimum absolute atomic E-state index is 0.0870. The van der Waals surface area contributed by atoms with Crippen molar-refractivity contribution in [1.82, 2.24) is 15.3 Å². The van der Waals surface area contributed by atoms with Crippen LogP contribution in [0.15, 0.2) is 77.8 Å². The zero-order valence-corrected chi connectivity index (χ0v) is 21.1. The van der Waals surface area contributed by atoms with Gasteiger partial charge in [0.1, 0.15) is 11.9 Å². The summed E-state index contributed by atoms with van der Waals surface area (Å²) in [7, 11) is 0. The second-order valence-corrected chi connectivity index (χ2v) is 10.3. The molecule has 186 valence electrons. The summed E-state index contributed by atoms with van der Waals surface area (Å²) in [4.78, 5) is 38.3. The fraction of sp³-hybridized carbons (Fsp3) is 0.259. The molecule has 2 amide bonds. The van der Waals surface area contributed by atoms with E-state index in [0.717, 1.165) is 10.4 Å². The Labute approximate surface area is 213 Å². The third kappa shape index (κ3) is 5.85. The van der Waals surface area contributed by atoms with Crippen LogP contribution in [0.4, 0.5) is 9.52 Å². The highest BCUT2D eigenvalue weighted by Gasteiger charge is 2.37. The summed E-state index contributed by atoms with van der Waals surface area (Å²) < 4.78 is 18.9. The predicted molar refractivity (Wildman–Crippen MR) is 136 cm³/mol. The van der Waals surface area contributed by atoms with E-state index < -0.39 is 17.9 Å². The number of furan rings is 1. The highest BCUT2D eigenvalue weighted by Crippen LogP contribution is 2.36. The van der Waals surface area contributed by atoms with Gasteiger partial charge in [0.05, 0.1) is 6.26 Å². The lowest BCUT2D eigenvalue weighted by Crippen LogP contribution is -2.44. The summed E-state index contributed by atoms with van der Waals surface area (Å²) in [5.74, 6) is -1.15. The van der Waals surface area contributed by atoms with Gasteiger partial charge in [-0.3, -0.25) is 19.5 Å². The topological polar surface area (TPSA) is 88.3 Å². The van der Waals surface area contributed by atoms with Crippen LogP contribution >= 0.6 is 11.3 Å². The molecule has 0 radical (unpaired) electrons. The molecule has 9 heteroatoms. The maximum atomic E-state index is 13.7. The molecule has 0 aliphatic carbocycles. The first kappa shape index (κ1) is 25.2. The number of pyridine rings is 1. The first-order valence-electron chi connectivity index (χ1n) is 11.5. The van der Waals surface area contributed by atoms with Crippen molar-refractivity contribution in [2.24, 2.45) is 0 Å². The molecule has 4 rings (SSSR count). The number of hydrogen-bond acceptors (Lipinski definition) is 6. The van der Waals surface area contributed by atoms with Crippen LogP contribution in [0.25, 0.3) is 0 Å². The van der Waals surface area contributed by atoms with Crippen LogP contribution in [-0.2, 0) is 16.6 Å². The molecule has 0 aliphatic heterocycles. The van der Waals surface area contributed by atoms with Crippen LogP contribution in [0, 0.1) is 5.82 Å². The van der Waals surface area contributed by atoms with Crippen molar-refractivity contribution in [2.45, 2.75) is 38.6 Å². The summed E-state index contributed by atoms with van der Waals surface area (Å²) in [5.41, 5.74) is 1.09. The Kier molecular flexibility index (Phi) is 7.59. The van der Waals surface area contributed by atoms with Crippen molar-refractivity contribution in [1.29, 1.82) is 0 Å². The molecule has 4 aromatic rings. The number of halogens is 1. The van der Waals surface area contributed by atoms with Crippen molar-refractivity contribution in [3.63, 3.8) is 0 Å². The smallest absolute Gasteiger partial charge is 0.296 e. The summed E-state index contributed by atoms with van der Waals surface area (Å²) in [5, 5.41) is 3.27. The average molecular weight is 507 g/mol. The van der Waals surface area contributed by atoms with Crippen LogP contribution < -0.4 is 10.2 Å². The molecule has 0 saturated carbocycles. The van der Waals surface area contributed by atoms with Gasteiger partial charge >= 0.3 is 0 Å². The van der Waals surface area contributed by atoms with Gasteiger partial charge in [-0.05, 0) is 47.7 Å². The van der Waals surface area contributed by atoms with Gasteiger partial charge in [0, 0.05) is 35.6 Å². The Bertz CT molecular complexity index is 1320. The molecular formula is C27H27FN4O3S. The van der Waals surface area contributed by atoms with E-state index in [4.69, 9.17) is 4.42 Å². The highest BCUT2D eigenvalue weighted by molar-refractivity contribution is 7.16. The number of carbonyl (C=O) groups excluding carboxylic acids is 2. The molecular weight excluding hydrogens is 479 g/mol. The van der Waals surface area contributed by atoms with E-state index in [9.17, 15) is 14.0 Å². The number of anilines is 1. The normalized spacial score (nSPS) is 12.2. The molecule has 1 aromatic carbocycles. The third-order valence-electron chi connectivity index (χ3n) is 5.50. The lowest BCUT2D eigenvalue weighted by molar-refractivity contribution is -0.122. The molecule has 0 aliphatic rings. The van der Waals surface area contributed by atoms with Gasteiger partial charge in [0.2, 0.25) is 5.91 Å². The Hall–Kier alpha value is -3.85.